The average Bonchev–Trinajstić information content (AvgIpc) is 3.31. The molecule has 10 nitrogen and oxygen atoms in total. The molecular weight excluding hydrogens is 531 g/mol. The summed E-state index contributed by atoms with van der Waals surface area (Å²) >= 11 is 0. The minimum atomic E-state index is -1.95. The van der Waals surface area contributed by atoms with Gasteiger partial charge in [-0.3, -0.25) is 14.9 Å². The molecule has 0 bridgehead atoms. The van der Waals surface area contributed by atoms with Gasteiger partial charge in [0.2, 0.25) is 5.91 Å². The zero-order chi connectivity index (χ0) is 29.2. The smallest absolute Gasteiger partial charge is 0.343 e. The van der Waals surface area contributed by atoms with Crippen LogP contribution < -0.4 is 16.2 Å². The highest BCUT2D eigenvalue weighted by Gasteiger charge is 2.46. The largest absolute Gasteiger partial charge is 0.458 e. The van der Waals surface area contributed by atoms with Gasteiger partial charge in [0, 0.05) is 28.6 Å². The van der Waals surface area contributed by atoms with Crippen LogP contribution >= 0.6 is 0 Å². The SMILES string of the molecule is CC[C@@]1(O)C(=O)OCc2c1cc1n(c2=O)Cc2c-1nc1cc(F)c(C)c3c1c2[C@@H](NC(=O)COCNC(C)C)CC3. The van der Waals surface area contributed by atoms with Crippen molar-refractivity contribution in [3.8, 4) is 11.4 Å². The van der Waals surface area contributed by atoms with E-state index in [2.05, 4.69) is 10.6 Å². The second kappa shape index (κ2) is 10.0. The van der Waals surface area contributed by atoms with Gasteiger partial charge in [0.15, 0.2) is 5.60 Å². The lowest BCUT2D eigenvalue weighted by molar-refractivity contribution is -0.172. The Morgan fingerprint density at radius 2 is 2.07 bits per heavy atom. The lowest BCUT2D eigenvalue weighted by Crippen LogP contribution is -2.44. The van der Waals surface area contributed by atoms with Crippen molar-refractivity contribution in [2.45, 2.75) is 77.8 Å². The summed E-state index contributed by atoms with van der Waals surface area (Å²) in [4.78, 5) is 44.0. The fourth-order valence-corrected chi connectivity index (χ4v) is 6.30. The molecule has 6 rings (SSSR count). The van der Waals surface area contributed by atoms with Crippen LogP contribution in [0.15, 0.2) is 16.9 Å². The molecule has 3 aromatic rings. The summed E-state index contributed by atoms with van der Waals surface area (Å²) in [7, 11) is 0. The number of cyclic esters (lactones) is 1. The average molecular weight is 565 g/mol. The molecule has 1 aromatic carbocycles. The van der Waals surface area contributed by atoms with E-state index in [0.29, 0.717) is 35.3 Å². The number of halogens is 1. The molecular formula is C30H33FN4O6. The van der Waals surface area contributed by atoms with Gasteiger partial charge < -0.3 is 24.5 Å². The Hall–Kier alpha value is -3.67. The highest BCUT2D eigenvalue weighted by Crippen LogP contribution is 2.45. The van der Waals surface area contributed by atoms with Crippen LogP contribution in [0.3, 0.4) is 0 Å². The van der Waals surface area contributed by atoms with Gasteiger partial charge in [0.25, 0.3) is 5.56 Å². The second-order valence-electron chi connectivity index (χ2n) is 11.3. The minimum Gasteiger partial charge on any atom is -0.458 e. The van der Waals surface area contributed by atoms with Crippen molar-refractivity contribution in [2.24, 2.45) is 0 Å². The number of carbonyl (C=O) groups excluding carboxylic acids is 2. The fraction of sp³-hybridized carbons (Fsp3) is 0.467. The quantitative estimate of drug-likeness (QED) is 0.177. The molecule has 11 heteroatoms. The predicted molar refractivity (Wildman–Crippen MR) is 148 cm³/mol. The Labute approximate surface area is 235 Å². The number of pyridine rings is 2. The summed E-state index contributed by atoms with van der Waals surface area (Å²) in [5.41, 5.74) is 2.39. The van der Waals surface area contributed by atoms with Crippen LogP contribution in [0.4, 0.5) is 4.39 Å². The van der Waals surface area contributed by atoms with Crippen molar-refractivity contribution in [3.05, 3.63) is 61.7 Å². The molecule has 1 aliphatic carbocycles. The minimum absolute atomic E-state index is 0.0295. The normalized spacial score (nSPS) is 20.6. The van der Waals surface area contributed by atoms with Crippen LogP contribution in [0.2, 0.25) is 0 Å². The van der Waals surface area contributed by atoms with Crippen LogP contribution in [0.1, 0.15) is 73.0 Å². The molecule has 3 N–H and O–H groups in total. The monoisotopic (exact) mass is 564 g/mol. The molecule has 0 unspecified atom stereocenters. The van der Waals surface area contributed by atoms with E-state index in [4.69, 9.17) is 14.5 Å². The van der Waals surface area contributed by atoms with Crippen molar-refractivity contribution in [1.82, 2.24) is 20.2 Å². The zero-order valence-corrected chi connectivity index (χ0v) is 23.5. The number of aromatic nitrogens is 2. The van der Waals surface area contributed by atoms with Gasteiger partial charge in [-0.1, -0.05) is 6.92 Å². The third-order valence-corrected chi connectivity index (χ3v) is 8.54. The van der Waals surface area contributed by atoms with Crippen molar-refractivity contribution in [2.75, 3.05) is 13.3 Å². The number of amides is 1. The summed E-state index contributed by atoms with van der Waals surface area (Å²) < 4.78 is 27.3. The predicted octanol–water partition coefficient (Wildman–Crippen LogP) is 2.60. The third-order valence-electron chi connectivity index (χ3n) is 8.54. The van der Waals surface area contributed by atoms with Gasteiger partial charge in [0.1, 0.15) is 19.0 Å². The summed E-state index contributed by atoms with van der Waals surface area (Å²) in [6, 6.07) is 2.84. The van der Waals surface area contributed by atoms with Crippen LogP contribution in [-0.4, -0.2) is 45.9 Å². The van der Waals surface area contributed by atoms with E-state index < -0.39 is 17.6 Å². The maximum absolute atomic E-state index is 15.0. The standard InChI is InChI=1S/C30H33FN4O6/c1-5-30(39)19-8-23-27-17(10-35(23)28(37)18(19)11-41-29(30)38)26-21(33-24(36)12-40-13-32-14(2)3)7-6-16-15(4)20(31)9-22(34-27)25(16)26/h8-9,14,21,32,39H,5-7,10-13H2,1-4H3,(H,33,36)/t21-,30-/m0/s1. The lowest BCUT2D eigenvalue weighted by atomic mass is 9.81. The first-order valence-corrected chi connectivity index (χ1v) is 14.0. The molecule has 0 saturated heterocycles. The maximum Gasteiger partial charge on any atom is 0.343 e. The highest BCUT2D eigenvalue weighted by molar-refractivity contribution is 5.94. The van der Waals surface area contributed by atoms with Gasteiger partial charge in [-0.2, -0.15) is 0 Å². The van der Waals surface area contributed by atoms with Gasteiger partial charge in [-0.05, 0) is 62.8 Å². The molecule has 0 radical (unpaired) electrons. The maximum atomic E-state index is 15.0. The molecule has 0 spiro atoms. The number of rotatable bonds is 7. The van der Waals surface area contributed by atoms with Gasteiger partial charge in [-0.25, -0.2) is 14.2 Å². The number of esters is 1. The van der Waals surface area contributed by atoms with E-state index in [1.807, 2.05) is 13.8 Å². The second-order valence-corrected chi connectivity index (χ2v) is 11.3. The van der Waals surface area contributed by atoms with E-state index >= 15 is 4.39 Å². The summed E-state index contributed by atoms with van der Waals surface area (Å²) in [5, 5.41) is 18.2. The van der Waals surface area contributed by atoms with Crippen LogP contribution in [-0.2, 0) is 44.2 Å². The number of nitrogens with zero attached hydrogens (tertiary/aromatic N) is 2. The van der Waals surface area contributed by atoms with E-state index in [0.717, 1.165) is 22.1 Å². The van der Waals surface area contributed by atoms with E-state index in [1.165, 1.54) is 6.07 Å². The van der Waals surface area contributed by atoms with Crippen molar-refractivity contribution < 1.29 is 28.6 Å². The third kappa shape index (κ3) is 4.25. The number of aliphatic hydroxyl groups is 1. The van der Waals surface area contributed by atoms with Crippen molar-refractivity contribution in [1.29, 1.82) is 0 Å². The number of benzene rings is 1. The number of carbonyl (C=O) groups is 2. The summed E-state index contributed by atoms with van der Waals surface area (Å²) in [6.07, 6.45) is 1.12. The molecule has 216 valence electrons. The lowest BCUT2D eigenvalue weighted by Gasteiger charge is -2.31. The summed E-state index contributed by atoms with van der Waals surface area (Å²) in [6.45, 7) is 7.42. The zero-order valence-electron chi connectivity index (χ0n) is 23.5. The van der Waals surface area contributed by atoms with Gasteiger partial charge in [-0.15, -0.1) is 0 Å². The van der Waals surface area contributed by atoms with Crippen LogP contribution in [0.5, 0.6) is 0 Å². The molecule has 3 aliphatic rings. The van der Waals surface area contributed by atoms with Crippen molar-refractivity contribution in [3.63, 3.8) is 0 Å². The number of nitrogens with one attached hydrogen (secondary N) is 2. The van der Waals surface area contributed by atoms with Gasteiger partial charge >= 0.3 is 5.97 Å². The molecule has 0 saturated carbocycles. The van der Waals surface area contributed by atoms with Crippen LogP contribution in [0, 0.1) is 12.7 Å². The number of fused-ring (bicyclic) bond motifs is 5. The first-order chi connectivity index (χ1) is 19.5. The molecule has 1 amide bonds. The van der Waals surface area contributed by atoms with E-state index in [1.54, 1.807) is 24.5 Å². The Morgan fingerprint density at radius 1 is 1.29 bits per heavy atom. The highest BCUT2D eigenvalue weighted by atomic mass is 19.1. The molecule has 4 heterocycles. The topological polar surface area (TPSA) is 132 Å². The summed E-state index contributed by atoms with van der Waals surface area (Å²) in [5.74, 6) is -1.45. The number of ether oxygens (including phenoxy) is 2. The first kappa shape index (κ1) is 27.5. The molecule has 2 atom stereocenters. The molecule has 0 fully saturated rings. The Morgan fingerprint density at radius 3 is 2.80 bits per heavy atom. The Bertz CT molecular complexity index is 1680. The number of aryl methyl sites for hydroxylation is 1. The molecule has 41 heavy (non-hydrogen) atoms. The molecule has 2 aliphatic heterocycles. The fourth-order valence-electron chi connectivity index (χ4n) is 6.30. The van der Waals surface area contributed by atoms with Crippen LogP contribution in [0.25, 0.3) is 22.3 Å². The first-order valence-electron chi connectivity index (χ1n) is 14.0. The number of hydrogen-bond donors (Lipinski definition) is 3. The Balaban J connectivity index is 1.49. The molecule has 2 aromatic heterocycles. The number of hydrogen-bond acceptors (Lipinski definition) is 8. The van der Waals surface area contributed by atoms with E-state index in [9.17, 15) is 19.5 Å². The van der Waals surface area contributed by atoms with Gasteiger partial charge in [0.05, 0.1) is 41.8 Å². The Kier molecular flexibility index (Phi) is 6.71. The van der Waals surface area contributed by atoms with Crippen molar-refractivity contribution >= 4 is 22.8 Å². The van der Waals surface area contributed by atoms with E-state index in [-0.39, 0.29) is 67.4 Å².